The highest BCUT2D eigenvalue weighted by molar-refractivity contribution is 7.71. The number of para-hydroxylation sites is 2. The fourth-order valence-corrected chi connectivity index (χ4v) is 4.92. The van der Waals surface area contributed by atoms with Gasteiger partial charge < -0.3 is 15.3 Å². The van der Waals surface area contributed by atoms with Gasteiger partial charge in [-0.05, 0) is 54.7 Å². The number of pyridine rings is 1. The van der Waals surface area contributed by atoms with E-state index in [4.69, 9.17) is 12.2 Å². The number of fused-ring (bicyclic) bond motifs is 3. The smallest absolute Gasteiger partial charge is 0.183 e. The molecule has 0 radical (unpaired) electrons. The van der Waals surface area contributed by atoms with Crippen LogP contribution in [0.5, 0.6) is 0 Å². The number of imidazole rings is 2. The van der Waals surface area contributed by atoms with Crippen LogP contribution in [0.2, 0.25) is 0 Å². The van der Waals surface area contributed by atoms with Crippen molar-refractivity contribution in [2.24, 2.45) is 0 Å². The molecule has 0 unspecified atom stereocenters. The standard InChI is InChI=1S/C26H19N9S/c36-26-31-25(30-15-34-23-8-4-3-7-21(23)32-33-34)24(18-11-12-27-19-6-2-1-5-17(18)19)35(26)16-9-10-20-22(13-16)29-14-28-20/h1-14,30H,15H2,(H,28,29)(H,31,36). The summed E-state index contributed by atoms with van der Waals surface area (Å²) in [5.41, 5.74) is 7.36. The third kappa shape index (κ3) is 3.27. The number of aromatic nitrogens is 8. The van der Waals surface area contributed by atoms with Crippen molar-refractivity contribution in [2.75, 3.05) is 5.32 Å². The number of hydrogen-bond donors (Lipinski definition) is 3. The maximum Gasteiger partial charge on any atom is 0.183 e. The van der Waals surface area contributed by atoms with Crippen LogP contribution in [0.15, 0.2) is 85.3 Å². The molecule has 0 atom stereocenters. The van der Waals surface area contributed by atoms with Gasteiger partial charge in [-0.25, -0.2) is 9.67 Å². The van der Waals surface area contributed by atoms with Gasteiger partial charge in [0.15, 0.2) is 4.77 Å². The zero-order chi connectivity index (χ0) is 24.1. The Kier molecular flexibility index (Phi) is 4.64. The van der Waals surface area contributed by atoms with Gasteiger partial charge in [-0.15, -0.1) is 5.10 Å². The van der Waals surface area contributed by atoms with Crippen LogP contribution in [-0.2, 0) is 6.67 Å². The van der Waals surface area contributed by atoms with Gasteiger partial charge >= 0.3 is 0 Å². The molecule has 7 aromatic rings. The van der Waals surface area contributed by atoms with Crippen LogP contribution < -0.4 is 5.32 Å². The van der Waals surface area contributed by atoms with E-state index in [-0.39, 0.29) is 0 Å². The van der Waals surface area contributed by atoms with Crippen LogP contribution in [-0.4, -0.2) is 39.5 Å². The summed E-state index contributed by atoms with van der Waals surface area (Å²) in [6.45, 7) is 0.408. The zero-order valence-corrected chi connectivity index (χ0v) is 19.7. The Hall–Kier alpha value is -4.83. The molecule has 4 heterocycles. The van der Waals surface area contributed by atoms with Crippen molar-refractivity contribution in [1.29, 1.82) is 0 Å². The van der Waals surface area contributed by atoms with E-state index in [1.807, 2.05) is 82.2 Å². The van der Waals surface area contributed by atoms with E-state index >= 15 is 0 Å². The Morgan fingerprint density at radius 3 is 2.69 bits per heavy atom. The molecule has 10 heteroatoms. The van der Waals surface area contributed by atoms with Crippen LogP contribution in [0, 0.1) is 4.77 Å². The Balaban J connectivity index is 1.42. The molecule has 0 saturated carbocycles. The molecule has 174 valence electrons. The quantitative estimate of drug-likeness (QED) is 0.278. The van der Waals surface area contributed by atoms with Gasteiger partial charge in [-0.2, -0.15) is 0 Å². The number of rotatable bonds is 5. The fourth-order valence-electron chi connectivity index (χ4n) is 4.62. The molecule has 3 N–H and O–H groups in total. The minimum Gasteiger partial charge on any atom is -0.351 e. The Morgan fingerprint density at radius 1 is 0.889 bits per heavy atom. The molecule has 0 spiro atoms. The van der Waals surface area contributed by atoms with Gasteiger partial charge in [-0.3, -0.25) is 9.55 Å². The van der Waals surface area contributed by atoms with E-state index in [0.717, 1.165) is 55.7 Å². The van der Waals surface area contributed by atoms with E-state index in [0.29, 0.717) is 11.4 Å². The van der Waals surface area contributed by atoms with Crippen LogP contribution in [0.1, 0.15) is 0 Å². The highest BCUT2D eigenvalue weighted by atomic mass is 32.1. The summed E-state index contributed by atoms with van der Waals surface area (Å²) < 4.78 is 4.43. The van der Waals surface area contributed by atoms with Gasteiger partial charge in [-0.1, -0.05) is 35.5 Å². The van der Waals surface area contributed by atoms with Crippen molar-refractivity contribution in [3.63, 3.8) is 0 Å². The van der Waals surface area contributed by atoms with Crippen molar-refractivity contribution in [3.8, 4) is 16.9 Å². The van der Waals surface area contributed by atoms with Gasteiger partial charge in [0.25, 0.3) is 0 Å². The van der Waals surface area contributed by atoms with E-state index in [2.05, 4.69) is 41.6 Å². The van der Waals surface area contributed by atoms with Crippen LogP contribution >= 0.6 is 12.2 Å². The van der Waals surface area contributed by atoms with E-state index in [1.54, 1.807) is 6.33 Å². The van der Waals surface area contributed by atoms with Gasteiger partial charge in [0, 0.05) is 17.1 Å². The lowest BCUT2D eigenvalue weighted by Crippen LogP contribution is -2.11. The molecule has 3 aromatic carbocycles. The Morgan fingerprint density at radius 2 is 1.75 bits per heavy atom. The molecule has 0 bridgehead atoms. The number of benzene rings is 3. The maximum atomic E-state index is 5.85. The van der Waals surface area contributed by atoms with Crippen LogP contribution in [0.25, 0.3) is 49.9 Å². The van der Waals surface area contributed by atoms with Crippen LogP contribution in [0.3, 0.4) is 0 Å². The normalized spacial score (nSPS) is 11.6. The summed E-state index contributed by atoms with van der Waals surface area (Å²) >= 11 is 5.85. The van der Waals surface area contributed by atoms with E-state index in [1.165, 1.54) is 0 Å². The van der Waals surface area contributed by atoms with E-state index in [9.17, 15) is 0 Å². The first-order chi connectivity index (χ1) is 17.8. The second-order valence-electron chi connectivity index (χ2n) is 8.38. The second-order valence-corrected chi connectivity index (χ2v) is 8.77. The molecule has 0 aliphatic rings. The highest BCUT2D eigenvalue weighted by Crippen LogP contribution is 2.35. The molecule has 0 saturated heterocycles. The summed E-state index contributed by atoms with van der Waals surface area (Å²) in [5, 5.41) is 13.1. The lowest BCUT2D eigenvalue weighted by molar-refractivity contribution is 0.654. The van der Waals surface area contributed by atoms with Crippen molar-refractivity contribution < 1.29 is 0 Å². The van der Waals surface area contributed by atoms with Gasteiger partial charge in [0.05, 0.1) is 39.8 Å². The number of nitrogens with zero attached hydrogens (tertiary/aromatic N) is 6. The van der Waals surface area contributed by atoms with Crippen molar-refractivity contribution >= 4 is 51.0 Å². The highest BCUT2D eigenvalue weighted by Gasteiger charge is 2.19. The van der Waals surface area contributed by atoms with Crippen molar-refractivity contribution in [1.82, 2.24) is 39.5 Å². The SMILES string of the molecule is S=c1[nH]c(NCn2nnc3ccccc32)c(-c2ccnc3ccccc23)n1-c1ccc2nc[nH]c2c1. The summed E-state index contributed by atoms with van der Waals surface area (Å²) in [6.07, 6.45) is 3.52. The number of H-pyrrole nitrogens is 2. The molecule has 9 nitrogen and oxygen atoms in total. The third-order valence-electron chi connectivity index (χ3n) is 6.29. The molecular weight excluding hydrogens is 470 g/mol. The third-order valence-corrected chi connectivity index (χ3v) is 6.57. The average Bonchev–Trinajstić information content (AvgIpc) is 3.63. The van der Waals surface area contributed by atoms with Gasteiger partial charge in [0.1, 0.15) is 18.0 Å². The largest absolute Gasteiger partial charge is 0.351 e. The summed E-state index contributed by atoms with van der Waals surface area (Å²) in [7, 11) is 0. The predicted molar refractivity (Wildman–Crippen MR) is 142 cm³/mol. The molecule has 0 amide bonds. The monoisotopic (exact) mass is 489 g/mol. The predicted octanol–water partition coefficient (Wildman–Crippen LogP) is 5.44. The molecule has 4 aromatic heterocycles. The lowest BCUT2D eigenvalue weighted by atomic mass is 10.1. The second kappa shape index (κ2) is 8.14. The molecule has 7 rings (SSSR count). The number of nitrogens with one attached hydrogen (secondary N) is 3. The number of anilines is 1. The minimum absolute atomic E-state index is 0.408. The Bertz CT molecular complexity index is 1940. The molecule has 0 aliphatic carbocycles. The van der Waals surface area contributed by atoms with E-state index < -0.39 is 0 Å². The first-order valence-corrected chi connectivity index (χ1v) is 11.8. The average molecular weight is 490 g/mol. The number of hydrogen-bond acceptors (Lipinski definition) is 6. The first kappa shape index (κ1) is 20.5. The fraction of sp³-hybridized carbons (Fsp3) is 0.0385. The van der Waals surface area contributed by atoms with Crippen LogP contribution in [0.4, 0.5) is 5.82 Å². The topological polar surface area (TPSA) is 105 Å². The molecule has 0 aliphatic heterocycles. The minimum atomic E-state index is 0.408. The Labute approximate surface area is 209 Å². The summed E-state index contributed by atoms with van der Waals surface area (Å²) in [6, 6.07) is 24.0. The number of aromatic amines is 2. The van der Waals surface area contributed by atoms with Gasteiger partial charge in [0.2, 0.25) is 0 Å². The zero-order valence-electron chi connectivity index (χ0n) is 18.9. The first-order valence-electron chi connectivity index (χ1n) is 11.4. The molecule has 36 heavy (non-hydrogen) atoms. The molecule has 0 fully saturated rings. The lowest BCUT2D eigenvalue weighted by Gasteiger charge is -2.14. The maximum absolute atomic E-state index is 5.85. The van der Waals surface area contributed by atoms with Crippen molar-refractivity contribution in [2.45, 2.75) is 6.67 Å². The molecular formula is C26H19N9S. The summed E-state index contributed by atoms with van der Waals surface area (Å²) in [4.78, 5) is 15.5. The van der Waals surface area contributed by atoms with Crippen molar-refractivity contribution in [3.05, 3.63) is 90.1 Å². The summed E-state index contributed by atoms with van der Waals surface area (Å²) in [5.74, 6) is 0.778.